The summed E-state index contributed by atoms with van der Waals surface area (Å²) in [6, 6.07) is 0. The van der Waals surface area contributed by atoms with Gasteiger partial charge in [-0.05, 0) is 55.3 Å². The third kappa shape index (κ3) is 2.74. The van der Waals surface area contributed by atoms with Gasteiger partial charge in [0.2, 0.25) is 0 Å². The van der Waals surface area contributed by atoms with Crippen molar-refractivity contribution in [3.05, 3.63) is 0 Å². The molecule has 0 N–H and O–H groups in total. The van der Waals surface area contributed by atoms with Crippen LogP contribution in [0.1, 0.15) is 66.2 Å². The monoisotopic (exact) mass is 236 g/mol. The predicted molar refractivity (Wildman–Crippen MR) is 71.8 cm³/mol. The third-order valence-corrected chi connectivity index (χ3v) is 5.40. The minimum absolute atomic E-state index is 0.111. The molecule has 0 aromatic rings. The Morgan fingerprint density at radius 1 is 1.24 bits per heavy atom. The summed E-state index contributed by atoms with van der Waals surface area (Å²) in [5, 5.41) is 0. The first-order valence-corrected chi connectivity index (χ1v) is 7.30. The van der Waals surface area contributed by atoms with Crippen LogP contribution in [-0.4, -0.2) is 6.29 Å². The number of carbonyl (C=O) groups excluding carboxylic acids is 1. The third-order valence-electron chi connectivity index (χ3n) is 5.40. The Morgan fingerprint density at radius 2 is 1.94 bits per heavy atom. The quantitative estimate of drug-likeness (QED) is 0.661. The van der Waals surface area contributed by atoms with Gasteiger partial charge >= 0.3 is 0 Å². The van der Waals surface area contributed by atoms with Crippen molar-refractivity contribution in [1.29, 1.82) is 0 Å². The maximum absolute atomic E-state index is 11.1. The fourth-order valence-corrected chi connectivity index (χ4v) is 4.34. The summed E-state index contributed by atoms with van der Waals surface area (Å²) in [6.07, 6.45) is 9.24. The van der Waals surface area contributed by atoms with Crippen LogP contribution in [0, 0.1) is 28.6 Å². The van der Waals surface area contributed by atoms with Gasteiger partial charge in [-0.1, -0.05) is 34.1 Å². The number of fused-ring (bicyclic) bond motifs is 1. The second-order valence-electron chi connectivity index (χ2n) is 7.88. The van der Waals surface area contributed by atoms with Crippen LogP contribution in [-0.2, 0) is 4.79 Å². The minimum atomic E-state index is -0.111. The number of carbonyl (C=O) groups is 1. The molecule has 0 aliphatic heterocycles. The summed E-state index contributed by atoms with van der Waals surface area (Å²) in [5.41, 5.74) is 0.439. The van der Waals surface area contributed by atoms with Crippen LogP contribution in [0.25, 0.3) is 0 Å². The highest BCUT2D eigenvalue weighted by atomic mass is 16.1. The molecule has 0 spiro atoms. The highest BCUT2D eigenvalue weighted by Crippen LogP contribution is 2.55. The van der Waals surface area contributed by atoms with Crippen LogP contribution in [0.5, 0.6) is 0 Å². The van der Waals surface area contributed by atoms with Crippen molar-refractivity contribution < 1.29 is 4.79 Å². The Hall–Kier alpha value is -0.330. The molecule has 1 nitrogen and oxygen atoms in total. The van der Waals surface area contributed by atoms with Crippen LogP contribution in [0.3, 0.4) is 0 Å². The topological polar surface area (TPSA) is 17.1 Å². The molecule has 2 aliphatic carbocycles. The van der Waals surface area contributed by atoms with E-state index in [1.54, 1.807) is 0 Å². The van der Waals surface area contributed by atoms with Crippen molar-refractivity contribution >= 4 is 6.29 Å². The van der Waals surface area contributed by atoms with Gasteiger partial charge in [-0.3, -0.25) is 0 Å². The van der Waals surface area contributed by atoms with Crippen molar-refractivity contribution in [3.63, 3.8) is 0 Å². The molecule has 2 rings (SSSR count). The van der Waals surface area contributed by atoms with Crippen molar-refractivity contribution in [3.8, 4) is 0 Å². The molecular weight excluding hydrogens is 208 g/mol. The van der Waals surface area contributed by atoms with Gasteiger partial charge in [-0.2, -0.15) is 0 Å². The molecular formula is C16H28O. The molecule has 0 amide bonds. The maximum atomic E-state index is 11.1. The van der Waals surface area contributed by atoms with E-state index in [1.807, 2.05) is 0 Å². The van der Waals surface area contributed by atoms with Crippen molar-refractivity contribution in [2.24, 2.45) is 28.6 Å². The van der Waals surface area contributed by atoms with Crippen molar-refractivity contribution in [2.45, 2.75) is 66.2 Å². The first kappa shape index (κ1) is 13.1. The van der Waals surface area contributed by atoms with Crippen LogP contribution in [0.4, 0.5) is 0 Å². The molecule has 0 radical (unpaired) electrons. The van der Waals surface area contributed by atoms with Gasteiger partial charge in [0.25, 0.3) is 0 Å². The second kappa shape index (κ2) is 4.40. The summed E-state index contributed by atoms with van der Waals surface area (Å²) >= 11 is 0. The summed E-state index contributed by atoms with van der Waals surface area (Å²) < 4.78 is 0. The predicted octanol–water partition coefficient (Wildman–Crippen LogP) is 4.45. The summed E-state index contributed by atoms with van der Waals surface area (Å²) in [6.45, 7) is 9.08. The zero-order chi connectivity index (χ0) is 12.7. The highest BCUT2D eigenvalue weighted by molar-refractivity contribution is 5.57. The lowest BCUT2D eigenvalue weighted by atomic mass is 9.65. The van der Waals surface area contributed by atoms with E-state index >= 15 is 0 Å². The lowest BCUT2D eigenvalue weighted by molar-refractivity contribution is -0.115. The van der Waals surface area contributed by atoms with E-state index in [4.69, 9.17) is 0 Å². The highest BCUT2D eigenvalue weighted by Gasteiger charge is 2.45. The van der Waals surface area contributed by atoms with Gasteiger partial charge < -0.3 is 4.79 Å². The first-order valence-electron chi connectivity index (χ1n) is 7.30. The Bertz CT molecular complexity index is 290. The molecule has 0 saturated heterocycles. The molecule has 2 fully saturated rings. The molecule has 98 valence electrons. The lowest BCUT2D eigenvalue weighted by Crippen LogP contribution is -2.31. The number of aldehydes is 1. The van der Waals surface area contributed by atoms with Crippen LogP contribution in [0.2, 0.25) is 0 Å². The molecule has 2 aliphatic rings. The van der Waals surface area contributed by atoms with Gasteiger partial charge in [-0.25, -0.2) is 0 Å². The Morgan fingerprint density at radius 3 is 2.59 bits per heavy atom. The number of hydrogen-bond acceptors (Lipinski definition) is 1. The SMILES string of the molecule is CC(C)(C=O)CC1CCC2CCC(C)(C)C2C1. The standard InChI is InChI=1S/C16H28O/c1-15(2,11-17)10-12-5-6-13-7-8-16(3,4)14(13)9-12/h11-14H,5-10H2,1-4H3. The Balaban J connectivity index is 1.99. The molecule has 17 heavy (non-hydrogen) atoms. The van der Waals surface area contributed by atoms with E-state index in [0.29, 0.717) is 5.41 Å². The van der Waals surface area contributed by atoms with Gasteiger partial charge in [0, 0.05) is 5.41 Å². The molecule has 0 aromatic heterocycles. The molecule has 3 atom stereocenters. The van der Waals surface area contributed by atoms with E-state index < -0.39 is 0 Å². The fourth-order valence-electron chi connectivity index (χ4n) is 4.34. The van der Waals surface area contributed by atoms with Gasteiger partial charge in [0.1, 0.15) is 6.29 Å². The molecule has 3 unspecified atom stereocenters. The summed E-state index contributed by atoms with van der Waals surface area (Å²) in [7, 11) is 0. The molecule has 0 heterocycles. The van der Waals surface area contributed by atoms with E-state index in [0.717, 1.165) is 30.5 Å². The molecule has 2 saturated carbocycles. The average molecular weight is 236 g/mol. The van der Waals surface area contributed by atoms with Crippen LogP contribution < -0.4 is 0 Å². The molecule has 0 bridgehead atoms. The Labute approximate surface area is 106 Å². The maximum Gasteiger partial charge on any atom is 0.125 e. The first-order chi connectivity index (χ1) is 7.84. The van der Waals surface area contributed by atoms with Crippen LogP contribution in [0.15, 0.2) is 0 Å². The van der Waals surface area contributed by atoms with Gasteiger partial charge in [0.05, 0.1) is 0 Å². The zero-order valence-electron chi connectivity index (χ0n) is 12.0. The van der Waals surface area contributed by atoms with Crippen LogP contribution >= 0.6 is 0 Å². The number of hydrogen-bond donors (Lipinski definition) is 0. The van der Waals surface area contributed by atoms with Crippen molar-refractivity contribution in [2.75, 3.05) is 0 Å². The zero-order valence-corrected chi connectivity index (χ0v) is 12.0. The fraction of sp³-hybridized carbons (Fsp3) is 0.938. The van der Waals surface area contributed by atoms with E-state index in [2.05, 4.69) is 27.7 Å². The van der Waals surface area contributed by atoms with E-state index in [1.165, 1.54) is 32.1 Å². The van der Waals surface area contributed by atoms with E-state index in [-0.39, 0.29) is 5.41 Å². The largest absolute Gasteiger partial charge is 0.303 e. The second-order valence-corrected chi connectivity index (χ2v) is 7.88. The number of rotatable bonds is 3. The lowest BCUT2D eigenvalue weighted by Gasteiger charge is -2.40. The average Bonchev–Trinajstić information content (AvgIpc) is 2.55. The minimum Gasteiger partial charge on any atom is -0.303 e. The molecule has 0 aromatic carbocycles. The summed E-state index contributed by atoms with van der Waals surface area (Å²) in [5.74, 6) is 2.69. The van der Waals surface area contributed by atoms with Gasteiger partial charge in [-0.15, -0.1) is 0 Å². The van der Waals surface area contributed by atoms with Gasteiger partial charge in [0.15, 0.2) is 0 Å². The van der Waals surface area contributed by atoms with Crippen molar-refractivity contribution in [1.82, 2.24) is 0 Å². The Kier molecular flexibility index (Phi) is 3.40. The summed E-state index contributed by atoms with van der Waals surface area (Å²) in [4.78, 5) is 11.1. The smallest absolute Gasteiger partial charge is 0.125 e. The molecule has 1 heteroatoms. The van der Waals surface area contributed by atoms with E-state index in [9.17, 15) is 4.79 Å². The normalized spacial score (nSPS) is 36.6.